The fraction of sp³-hybridized carbons (Fsp3) is 0.579. The summed E-state index contributed by atoms with van der Waals surface area (Å²) in [5.41, 5.74) is 0.810. The lowest BCUT2D eigenvalue weighted by Gasteiger charge is -2.30. The number of hydrogen-bond donors (Lipinski definition) is 1. The number of nitrogens with zero attached hydrogens (tertiary/aromatic N) is 2. The van der Waals surface area contributed by atoms with Crippen molar-refractivity contribution >= 4 is 21.8 Å². The number of rotatable bonds is 11. The van der Waals surface area contributed by atoms with Crippen LogP contribution in [0.3, 0.4) is 0 Å². The minimum Gasteiger partial charge on any atom is -0.497 e. The van der Waals surface area contributed by atoms with E-state index in [4.69, 9.17) is 4.74 Å². The van der Waals surface area contributed by atoms with Crippen molar-refractivity contribution < 1.29 is 22.7 Å². The van der Waals surface area contributed by atoms with Crippen LogP contribution in [0.4, 0.5) is 0 Å². The van der Waals surface area contributed by atoms with Gasteiger partial charge in [-0.15, -0.1) is 0 Å². The maximum atomic E-state index is 12.8. The van der Waals surface area contributed by atoms with Crippen LogP contribution in [0.5, 0.6) is 5.75 Å². The molecule has 1 N–H and O–H groups in total. The molecule has 1 atom stereocenters. The van der Waals surface area contributed by atoms with Gasteiger partial charge in [-0.25, -0.2) is 8.42 Å². The average Bonchev–Trinajstić information content (AvgIpc) is 2.65. The number of sulfonamides is 1. The Morgan fingerprint density at radius 3 is 2.32 bits per heavy atom. The van der Waals surface area contributed by atoms with Crippen molar-refractivity contribution in [3.63, 3.8) is 0 Å². The number of ether oxygens (including phenoxy) is 1. The molecule has 9 heteroatoms. The quantitative estimate of drug-likeness (QED) is 0.550. The van der Waals surface area contributed by atoms with Gasteiger partial charge in [-0.3, -0.25) is 9.59 Å². The molecule has 0 heterocycles. The summed E-state index contributed by atoms with van der Waals surface area (Å²) in [6.07, 6.45) is 2.83. The number of carbonyl (C=O) groups excluding carboxylic acids is 2. The average molecular weight is 414 g/mol. The molecule has 1 aromatic carbocycles. The first kappa shape index (κ1) is 23.9. The van der Waals surface area contributed by atoms with Gasteiger partial charge >= 0.3 is 0 Å². The van der Waals surface area contributed by atoms with Crippen LogP contribution in [0.25, 0.3) is 0 Å². The van der Waals surface area contributed by atoms with Gasteiger partial charge in [-0.1, -0.05) is 25.5 Å². The lowest BCUT2D eigenvalue weighted by molar-refractivity contribution is -0.140. The minimum atomic E-state index is -3.51. The van der Waals surface area contributed by atoms with Crippen molar-refractivity contribution in [3.05, 3.63) is 29.8 Å². The SMILES string of the molecule is CCCCNC(=O)[C@@H](C)N(Cc1ccc(OC)cc1)C(=O)CN(C)S(C)(=O)=O. The molecular formula is C19H31N3O5S. The molecule has 0 aliphatic heterocycles. The highest BCUT2D eigenvalue weighted by Gasteiger charge is 2.28. The van der Waals surface area contributed by atoms with Crippen LogP contribution in [0.1, 0.15) is 32.3 Å². The molecule has 28 heavy (non-hydrogen) atoms. The van der Waals surface area contributed by atoms with Crippen LogP contribution in [0.15, 0.2) is 24.3 Å². The predicted molar refractivity (Wildman–Crippen MR) is 108 cm³/mol. The number of benzene rings is 1. The molecule has 0 aromatic heterocycles. The maximum Gasteiger partial charge on any atom is 0.242 e. The molecule has 0 aliphatic carbocycles. The Morgan fingerprint density at radius 1 is 1.21 bits per heavy atom. The highest BCUT2D eigenvalue weighted by Crippen LogP contribution is 2.15. The lowest BCUT2D eigenvalue weighted by atomic mass is 10.1. The van der Waals surface area contributed by atoms with Gasteiger partial charge in [0.2, 0.25) is 21.8 Å². The second-order valence-electron chi connectivity index (χ2n) is 6.71. The first-order chi connectivity index (χ1) is 13.1. The minimum absolute atomic E-state index is 0.183. The highest BCUT2D eigenvalue weighted by atomic mass is 32.2. The number of carbonyl (C=O) groups is 2. The number of methoxy groups -OCH3 is 1. The lowest BCUT2D eigenvalue weighted by Crippen LogP contribution is -2.50. The molecule has 0 aliphatic rings. The van der Waals surface area contributed by atoms with Crippen LogP contribution in [-0.4, -0.2) is 69.0 Å². The molecule has 0 spiro atoms. The van der Waals surface area contributed by atoms with Gasteiger partial charge in [0, 0.05) is 20.1 Å². The zero-order chi connectivity index (χ0) is 21.3. The first-order valence-electron chi connectivity index (χ1n) is 9.21. The monoisotopic (exact) mass is 413 g/mol. The van der Waals surface area contributed by atoms with E-state index in [-0.39, 0.29) is 19.0 Å². The fourth-order valence-electron chi connectivity index (χ4n) is 2.44. The van der Waals surface area contributed by atoms with Gasteiger partial charge in [0.05, 0.1) is 19.9 Å². The van der Waals surface area contributed by atoms with Crippen LogP contribution in [-0.2, 0) is 26.2 Å². The third-order valence-corrected chi connectivity index (χ3v) is 5.69. The summed E-state index contributed by atoms with van der Waals surface area (Å²) in [7, 11) is -0.606. The molecule has 1 rings (SSSR count). The van der Waals surface area contributed by atoms with Crippen molar-refractivity contribution in [1.29, 1.82) is 0 Å². The number of nitrogens with one attached hydrogen (secondary N) is 1. The molecule has 0 saturated carbocycles. The summed E-state index contributed by atoms with van der Waals surface area (Å²) in [6, 6.07) is 6.42. The Kier molecular flexibility index (Phi) is 9.40. The summed E-state index contributed by atoms with van der Waals surface area (Å²) < 4.78 is 29.4. The van der Waals surface area contributed by atoms with Gasteiger partial charge < -0.3 is 15.0 Å². The van der Waals surface area contributed by atoms with Crippen LogP contribution < -0.4 is 10.1 Å². The molecule has 2 amide bonds. The Labute approximate surface area is 167 Å². The predicted octanol–water partition coefficient (Wildman–Crippen LogP) is 1.22. The topological polar surface area (TPSA) is 96.0 Å². The van der Waals surface area contributed by atoms with Crippen molar-refractivity contribution in [2.24, 2.45) is 0 Å². The molecular weight excluding hydrogens is 382 g/mol. The summed E-state index contributed by atoms with van der Waals surface area (Å²) in [6.45, 7) is 4.05. The van der Waals surface area contributed by atoms with Crippen molar-refractivity contribution in [2.75, 3.05) is 33.5 Å². The zero-order valence-corrected chi connectivity index (χ0v) is 18.1. The highest BCUT2D eigenvalue weighted by molar-refractivity contribution is 7.88. The van der Waals surface area contributed by atoms with E-state index in [1.165, 1.54) is 11.9 Å². The molecule has 0 fully saturated rings. The molecule has 0 radical (unpaired) electrons. The van der Waals surface area contributed by atoms with E-state index in [2.05, 4.69) is 5.32 Å². The van der Waals surface area contributed by atoms with E-state index in [9.17, 15) is 18.0 Å². The molecule has 0 unspecified atom stereocenters. The maximum absolute atomic E-state index is 12.8. The summed E-state index contributed by atoms with van der Waals surface area (Å²) >= 11 is 0. The number of hydrogen-bond acceptors (Lipinski definition) is 5. The second kappa shape index (κ2) is 11.0. The molecule has 158 valence electrons. The normalized spacial score (nSPS) is 12.5. The smallest absolute Gasteiger partial charge is 0.242 e. The van der Waals surface area contributed by atoms with E-state index in [1.807, 2.05) is 6.92 Å². The third kappa shape index (κ3) is 7.47. The standard InChI is InChI=1S/C19H31N3O5S/c1-6-7-12-20-19(24)15(2)22(18(23)14-21(3)28(5,25)26)13-16-8-10-17(27-4)11-9-16/h8-11,15H,6-7,12-14H2,1-5H3,(H,20,24)/t15-/m1/s1. The third-order valence-electron chi connectivity index (χ3n) is 4.43. The van der Waals surface area contributed by atoms with E-state index in [0.29, 0.717) is 12.3 Å². The van der Waals surface area contributed by atoms with Gasteiger partial charge in [0.25, 0.3) is 0 Å². The molecule has 1 aromatic rings. The number of unbranched alkanes of at least 4 members (excludes halogenated alkanes) is 1. The van der Waals surface area contributed by atoms with Gasteiger partial charge in [0.15, 0.2) is 0 Å². The van der Waals surface area contributed by atoms with Crippen LogP contribution in [0, 0.1) is 0 Å². The Balaban J connectivity index is 3.00. The zero-order valence-electron chi connectivity index (χ0n) is 17.3. The Hall–Kier alpha value is -2.13. The van der Waals surface area contributed by atoms with Gasteiger partial charge in [-0.05, 0) is 31.0 Å². The Morgan fingerprint density at radius 2 is 1.82 bits per heavy atom. The van der Waals surface area contributed by atoms with Crippen molar-refractivity contribution in [1.82, 2.24) is 14.5 Å². The van der Waals surface area contributed by atoms with Crippen molar-refractivity contribution in [3.8, 4) is 5.75 Å². The molecule has 0 bridgehead atoms. The summed E-state index contributed by atoms with van der Waals surface area (Å²) in [5.74, 6) is -0.0250. The van der Waals surface area contributed by atoms with E-state index < -0.39 is 22.0 Å². The largest absolute Gasteiger partial charge is 0.497 e. The van der Waals surface area contributed by atoms with Crippen molar-refractivity contribution in [2.45, 2.75) is 39.3 Å². The summed E-state index contributed by atoms with van der Waals surface area (Å²) in [5, 5.41) is 2.82. The molecule has 0 saturated heterocycles. The summed E-state index contributed by atoms with van der Waals surface area (Å²) in [4.78, 5) is 26.7. The van der Waals surface area contributed by atoms with Crippen LogP contribution >= 0.6 is 0 Å². The van der Waals surface area contributed by atoms with Gasteiger partial charge in [0.1, 0.15) is 11.8 Å². The number of amides is 2. The number of likely N-dealkylation sites (N-methyl/N-ethyl adjacent to an activating group) is 1. The van der Waals surface area contributed by atoms with E-state index in [0.717, 1.165) is 29.0 Å². The van der Waals surface area contributed by atoms with E-state index >= 15 is 0 Å². The molecule has 8 nitrogen and oxygen atoms in total. The first-order valence-corrected chi connectivity index (χ1v) is 11.1. The Bertz CT molecular complexity index is 749. The second-order valence-corrected chi connectivity index (χ2v) is 8.80. The van der Waals surface area contributed by atoms with Gasteiger partial charge in [-0.2, -0.15) is 4.31 Å². The van der Waals surface area contributed by atoms with E-state index in [1.54, 1.807) is 38.3 Å². The van der Waals surface area contributed by atoms with Crippen LogP contribution in [0.2, 0.25) is 0 Å². The fourth-order valence-corrected chi connectivity index (χ4v) is 2.79.